The van der Waals surface area contributed by atoms with Crippen LogP contribution in [0.15, 0.2) is 12.1 Å². The Morgan fingerprint density at radius 1 is 1.32 bits per heavy atom. The number of aliphatic hydroxyl groups is 1. The van der Waals surface area contributed by atoms with Gasteiger partial charge in [-0.15, -0.1) is 0 Å². The molecule has 0 spiro atoms. The van der Waals surface area contributed by atoms with Crippen molar-refractivity contribution in [3.63, 3.8) is 0 Å². The van der Waals surface area contributed by atoms with Gasteiger partial charge in [0.1, 0.15) is 5.60 Å². The molecule has 1 aromatic carbocycles. The molecular formula is C20H30ClNO3. The van der Waals surface area contributed by atoms with E-state index in [1.165, 1.54) is 11.1 Å². The van der Waals surface area contributed by atoms with Crippen molar-refractivity contribution in [2.45, 2.75) is 64.9 Å². The van der Waals surface area contributed by atoms with Crippen molar-refractivity contribution in [1.29, 1.82) is 0 Å². The number of hydrogen-bond donors (Lipinski definition) is 1. The number of aryl methyl sites for hydroxylation is 2. The van der Waals surface area contributed by atoms with Gasteiger partial charge < -0.3 is 14.7 Å². The second-order valence-electron chi connectivity index (χ2n) is 7.87. The maximum absolute atomic E-state index is 12.2. The first-order chi connectivity index (χ1) is 11.7. The van der Waals surface area contributed by atoms with Crippen molar-refractivity contribution in [2.75, 3.05) is 19.7 Å². The van der Waals surface area contributed by atoms with Gasteiger partial charge in [-0.3, -0.25) is 0 Å². The number of amides is 1. The number of benzene rings is 1. The molecule has 0 radical (unpaired) electrons. The quantitative estimate of drug-likeness (QED) is 0.839. The summed E-state index contributed by atoms with van der Waals surface area (Å²) in [5.74, 6) is 0.394. The SMILES string of the molecule is Cc1cc(CCCO)c(C2CCN(C(=O)OC(C)(C)C)CC2)cc1Cl. The molecule has 0 saturated carbocycles. The molecular weight excluding hydrogens is 338 g/mol. The van der Waals surface area contributed by atoms with Crippen molar-refractivity contribution in [2.24, 2.45) is 0 Å². The number of nitrogens with zero attached hydrogens (tertiary/aromatic N) is 1. The standard InChI is InChI=1S/C20H30ClNO3/c1-14-12-16(6-5-11-23)17(13-18(14)21)15-7-9-22(10-8-15)19(24)25-20(2,3)4/h12-13,15,23H,5-11H2,1-4H3. The van der Waals surface area contributed by atoms with Crippen LogP contribution in [0.3, 0.4) is 0 Å². The summed E-state index contributed by atoms with van der Waals surface area (Å²) < 4.78 is 5.47. The lowest BCUT2D eigenvalue weighted by molar-refractivity contribution is 0.0204. The fourth-order valence-corrected chi connectivity index (χ4v) is 3.49. The van der Waals surface area contributed by atoms with Gasteiger partial charge in [0.05, 0.1) is 0 Å². The fourth-order valence-electron chi connectivity index (χ4n) is 3.32. The van der Waals surface area contributed by atoms with Crippen LogP contribution >= 0.6 is 11.6 Å². The first kappa shape index (κ1) is 20.1. The van der Waals surface area contributed by atoms with E-state index in [1.807, 2.05) is 27.7 Å². The van der Waals surface area contributed by atoms with Crippen LogP contribution in [0.1, 0.15) is 62.6 Å². The van der Waals surface area contributed by atoms with E-state index < -0.39 is 5.60 Å². The van der Waals surface area contributed by atoms with Crippen LogP contribution < -0.4 is 0 Å². The lowest BCUT2D eigenvalue weighted by Gasteiger charge is -2.34. The van der Waals surface area contributed by atoms with Crippen LogP contribution in [-0.4, -0.2) is 41.4 Å². The predicted molar refractivity (Wildman–Crippen MR) is 101 cm³/mol. The van der Waals surface area contributed by atoms with E-state index in [9.17, 15) is 4.79 Å². The number of hydrogen-bond acceptors (Lipinski definition) is 3. The van der Waals surface area contributed by atoms with Crippen molar-refractivity contribution < 1.29 is 14.6 Å². The van der Waals surface area contributed by atoms with Gasteiger partial charge >= 0.3 is 6.09 Å². The Bertz CT molecular complexity index is 602. The zero-order valence-electron chi connectivity index (χ0n) is 15.8. The van der Waals surface area contributed by atoms with Gasteiger partial charge in [-0.2, -0.15) is 0 Å². The minimum atomic E-state index is -0.462. The summed E-state index contributed by atoms with van der Waals surface area (Å²) in [6.07, 6.45) is 3.20. The van der Waals surface area contributed by atoms with Gasteiger partial charge in [-0.1, -0.05) is 17.7 Å². The van der Waals surface area contributed by atoms with E-state index in [2.05, 4.69) is 12.1 Å². The van der Waals surface area contributed by atoms with E-state index in [4.69, 9.17) is 21.4 Å². The Morgan fingerprint density at radius 3 is 2.52 bits per heavy atom. The van der Waals surface area contributed by atoms with Gasteiger partial charge in [0, 0.05) is 24.7 Å². The molecule has 0 bridgehead atoms. The molecule has 5 heteroatoms. The molecule has 140 valence electrons. The van der Waals surface area contributed by atoms with E-state index in [1.54, 1.807) is 4.90 Å². The summed E-state index contributed by atoms with van der Waals surface area (Å²) in [7, 11) is 0. The van der Waals surface area contributed by atoms with Crippen molar-refractivity contribution in [3.8, 4) is 0 Å². The third kappa shape index (κ3) is 5.61. The van der Waals surface area contributed by atoms with E-state index in [0.717, 1.165) is 36.3 Å². The smallest absolute Gasteiger partial charge is 0.410 e. The average molecular weight is 368 g/mol. The summed E-state index contributed by atoms with van der Waals surface area (Å²) in [5.41, 5.74) is 3.15. The predicted octanol–water partition coefficient (Wildman–Crippen LogP) is 4.69. The topological polar surface area (TPSA) is 49.8 Å². The highest BCUT2D eigenvalue weighted by Crippen LogP contribution is 2.34. The number of halogens is 1. The van der Waals surface area contributed by atoms with Gasteiger partial charge in [-0.25, -0.2) is 4.79 Å². The maximum atomic E-state index is 12.2. The second-order valence-corrected chi connectivity index (χ2v) is 8.28. The molecule has 1 aromatic rings. The Labute approximate surface area is 156 Å². The van der Waals surface area contributed by atoms with Gasteiger partial charge in [0.15, 0.2) is 0 Å². The number of rotatable bonds is 4. The molecule has 1 N–H and O–H groups in total. The van der Waals surface area contributed by atoms with Crippen LogP contribution in [0.4, 0.5) is 4.79 Å². The van der Waals surface area contributed by atoms with E-state index in [-0.39, 0.29) is 12.7 Å². The largest absolute Gasteiger partial charge is 0.444 e. The summed E-state index contributed by atoms with van der Waals surface area (Å²) in [4.78, 5) is 14.0. The Hall–Kier alpha value is -1.26. The van der Waals surface area contributed by atoms with Crippen LogP contribution in [-0.2, 0) is 11.2 Å². The molecule has 1 amide bonds. The maximum Gasteiger partial charge on any atom is 0.410 e. The highest BCUT2D eigenvalue weighted by Gasteiger charge is 2.28. The van der Waals surface area contributed by atoms with Crippen LogP contribution in [0.25, 0.3) is 0 Å². The monoisotopic (exact) mass is 367 g/mol. The molecule has 1 aliphatic rings. The summed E-state index contributed by atoms with van der Waals surface area (Å²) in [5, 5.41) is 9.95. The number of ether oxygens (including phenoxy) is 1. The molecule has 25 heavy (non-hydrogen) atoms. The number of carbonyl (C=O) groups is 1. The average Bonchev–Trinajstić information content (AvgIpc) is 2.54. The van der Waals surface area contributed by atoms with Crippen molar-refractivity contribution in [1.82, 2.24) is 4.90 Å². The minimum absolute atomic E-state index is 0.193. The Morgan fingerprint density at radius 2 is 1.96 bits per heavy atom. The summed E-state index contributed by atoms with van der Waals surface area (Å²) in [6.45, 7) is 9.27. The van der Waals surface area contributed by atoms with Gasteiger partial charge in [-0.05, 0) is 82.1 Å². The normalized spacial score (nSPS) is 16.2. The first-order valence-corrected chi connectivity index (χ1v) is 9.47. The summed E-state index contributed by atoms with van der Waals surface area (Å²) >= 11 is 6.36. The molecule has 4 nitrogen and oxygen atoms in total. The van der Waals surface area contributed by atoms with Crippen LogP contribution in [0.5, 0.6) is 0 Å². The zero-order chi connectivity index (χ0) is 18.6. The van der Waals surface area contributed by atoms with Crippen molar-refractivity contribution in [3.05, 3.63) is 33.8 Å². The molecule has 1 heterocycles. The number of piperidine rings is 1. The third-order valence-corrected chi connectivity index (χ3v) is 5.02. The first-order valence-electron chi connectivity index (χ1n) is 9.09. The highest BCUT2D eigenvalue weighted by atomic mass is 35.5. The lowest BCUT2D eigenvalue weighted by Crippen LogP contribution is -2.41. The lowest BCUT2D eigenvalue weighted by atomic mass is 9.84. The highest BCUT2D eigenvalue weighted by molar-refractivity contribution is 6.31. The summed E-state index contributed by atoms with van der Waals surface area (Å²) in [6, 6.07) is 4.23. The molecule has 1 saturated heterocycles. The fraction of sp³-hybridized carbons (Fsp3) is 0.650. The van der Waals surface area contributed by atoms with E-state index in [0.29, 0.717) is 19.0 Å². The van der Waals surface area contributed by atoms with Gasteiger partial charge in [0.2, 0.25) is 0 Å². The van der Waals surface area contributed by atoms with Crippen molar-refractivity contribution >= 4 is 17.7 Å². The number of aliphatic hydroxyl groups excluding tert-OH is 1. The van der Waals surface area contributed by atoms with Gasteiger partial charge in [0.25, 0.3) is 0 Å². The molecule has 0 unspecified atom stereocenters. The Balaban J connectivity index is 2.07. The number of likely N-dealkylation sites (tertiary alicyclic amines) is 1. The van der Waals surface area contributed by atoms with Crippen LogP contribution in [0.2, 0.25) is 5.02 Å². The molecule has 0 aromatic heterocycles. The third-order valence-electron chi connectivity index (χ3n) is 4.61. The minimum Gasteiger partial charge on any atom is -0.444 e. The number of carbonyl (C=O) groups excluding carboxylic acids is 1. The molecule has 1 fully saturated rings. The van der Waals surface area contributed by atoms with E-state index >= 15 is 0 Å². The molecule has 0 aliphatic carbocycles. The molecule has 0 atom stereocenters. The van der Waals surface area contributed by atoms with Crippen LogP contribution in [0, 0.1) is 6.92 Å². The molecule has 2 rings (SSSR count). The zero-order valence-corrected chi connectivity index (χ0v) is 16.5. The molecule has 1 aliphatic heterocycles. The second kappa shape index (κ2) is 8.41. The Kier molecular flexibility index (Phi) is 6.75.